The van der Waals surface area contributed by atoms with Crippen molar-refractivity contribution in [2.24, 2.45) is 17.6 Å². The summed E-state index contributed by atoms with van der Waals surface area (Å²) in [5, 5.41) is 3.16. The molecule has 21 heavy (non-hydrogen) atoms. The number of benzene rings is 1. The predicted octanol–water partition coefficient (Wildman–Crippen LogP) is 2.01. The van der Waals surface area contributed by atoms with Crippen molar-refractivity contribution < 1.29 is 9.53 Å². The van der Waals surface area contributed by atoms with Crippen molar-refractivity contribution in [3.05, 3.63) is 35.9 Å². The Hall–Kier alpha value is -1.39. The summed E-state index contributed by atoms with van der Waals surface area (Å²) in [7, 11) is 0. The van der Waals surface area contributed by atoms with Crippen LogP contribution in [0.15, 0.2) is 30.3 Å². The molecule has 2 aliphatic rings. The molecule has 0 spiro atoms. The number of nitrogens with two attached hydrogens (primary N) is 1. The zero-order valence-corrected chi connectivity index (χ0v) is 12.5. The van der Waals surface area contributed by atoms with Crippen molar-refractivity contribution in [2.45, 2.75) is 44.4 Å². The van der Waals surface area contributed by atoms with E-state index in [0.717, 1.165) is 18.6 Å². The molecule has 1 aromatic rings. The predicted molar refractivity (Wildman–Crippen MR) is 81.5 cm³/mol. The molecule has 1 saturated carbocycles. The van der Waals surface area contributed by atoms with Gasteiger partial charge in [-0.25, -0.2) is 0 Å². The van der Waals surface area contributed by atoms with E-state index >= 15 is 0 Å². The third-order valence-electron chi connectivity index (χ3n) is 4.69. The van der Waals surface area contributed by atoms with Crippen LogP contribution in [0.5, 0.6) is 0 Å². The van der Waals surface area contributed by atoms with E-state index in [1.54, 1.807) is 0 Å². The van der Waals surface area contributed by atoms with Gasteiger partial charge in [-0.05, 0) is 30.7 Å². The highest BCUT2D eigenvalue weighted by Crippen LogP contribution is 2.38. The second kappa shape index (κ2) is 6.16. The molecule has 0 radical (unpaired) electrons. The molecule has 114 valence electrons. The molecule has 1 heterocycles. The smallest absolute Gasteiger partial charge is 0.225 e. The number of amides is 1. The molecule has 0 bridgehead atoms. The van der Waals surface area contributed by atoms with E-state index < -0.39 is 0 Å². The van der Waals surface area contributed by atoms with E-state index in [0.29, 0.717) is 5.92 Å². The Bertz CT molecular complexity index is 487. The fourth-order valence-corrected chi connectivity index (χ4v) is 3.10. The quantitative estimate of drug-likeness (QED) is 0.871. The molecule has 0 aromatic heterocycles. The normalized spacial score (nSPS) is 28.1. The third kappa shape index (κ3) is 3.27. The van der Waals surface area contributed by atoms with E-state index in [1.807, 2.05) is 37.3 Å². The van der Waals surface area contributed by atoms with Gasteiger partial charge in [-0.15, -0.1) is 0 Å². The Kier molecular flexibility index (Phi) is 4.27. The minimum absolute atomic E-state index is 0.0347. The first kappa shape index (κ1) is 14.5. The zero-order chi connectivity index (χ0) is 14.8. The number of rotatable bonds is 5. The minimum atomic E-state index is -0.270. The van der Waals surface area contributed by atoms with Gasteiger partial charge >= 0.3 is 0 Å². The zero-order valence-electron chi connectivity index (χ0n) is 12.5. The average molecular weight is 288 g/mol. The number of ether oxygens (including phenoxy) is 1. The van der Waals surface area contributed by atoms with E-state index in [2.05, 4.69) is 5.32 Å². The van der Waals surface area contributed by atoms with Gasteiger partial charge in [-0.3, -0.25) is 4.79 Å². The summed E-state index contributed by atoms with van der Waals surface area (Å²) in [6.45, 7) is 2.65. The van der Waals surface area contributed by atoms with Crippen molar-refractivity contribution in [1.29, 1.82) is 0 Å². The molecule has 2 fully saturated rings. The molecule has 1 amide bonds. The topological polar surface area (TPSA) is 64.3 Å². The van der Waals surface area contributed by atoms with Gasteiger partial charge in [0, 0.05) is 12.6 Å². The van der Waals surface area contributed by atoms with Gasteiger partial charge in [0.2, 0.25) is 5.91 Å². The highest BCUT2D eigenvalue weighted by molar-refractivity contribution is 5.79. The van der Waals surface area contributed by atoms with Gasteiger partial charge in [0.1, 0.15) is 0 Å². The summed E-state index contributed by atoms with van der Waals surface area (Å²) in [5.41, 5.74) is 7.23. The average Bonchev–Trinajstić information content (AvgIpc) is 3.26. The Labute approximate surface area is 126 Å². The highest BCUT2D eigenvalue weighted by atomic mass is 16.5. The number of hydrogen-bond acceptors (Lipinski definition) is 3. The van der Waals surface area contributed by atoms with Crippen molar-refractivity contribution in [3.8, 4) is 0 Å². The molecule has 1 aliphatic carbocycles. The number of nitrogens with one attached hydrogen (secondary N) is 1. The number of hydrogen-bond donors (Lipinski definition) is 2. The standard InChI is InChI=1S/C17H24N2O2/c1-11(15(18)12-5-3-2-4-6-12)17(20)19-14-9-10-21-16(14)13-7-8-13/h2-6,11,13-16H,7-10,18H2,1H3,(H,19,20). The first-order valence-corrected chi connectivity index (χ1v) is 7.89. The van der Waals surface area contributed by atoms with E-state index in [4.69, 9.17) is 10.5 Å². The van der Waals surface area contributed by atoms with Gasteiger partial charge in [0.25, 0.3) is 0 Å². The molecule has 4 nitrogen and oxygen atoms in total. The lowest BCUT2D eigenvalue weighted by Gasteiger charge is -2.24. The lowest BCUT2D eigenvalue weighted by Crippen LogP contribution is -2.45. The van der Waals surface area contributed by atoms with Crippen LogP contribution in [-0.4, -0.2) is 24.7 Å². The lowest BCUT2D eigenvalue weighted by atomic mass is 9.94. The maximum atomic E-state index is 12.5. The van der Waals surface area contributed by atoms with Crippen LogP contribution in [0.4, 0.5) is 0 Å². The van der Waals surface area contributed by atoms with E-state index in [-0.39, 0.29) is 30.0 Å². The van der Waals surface area contributed by atoms with Crippen molar-refractivity contribution in [1.82, 2.24) is 5.32 Å². The van der Waals surface area contributed by atoms with Gasteiger partial charge < -0.3 is 15.8 Å². The maximum absolute atomic E-state index is 12.5. The van der Waals surface area contributed by atoms with Crippen molar-refractivity contribution >= 4 is 5.91 Å². The molecular weight excluding hydrogens is 264 g/mol. The van der Waals surface area contributed by atoms with Gasteiger partial charge in [-0.1, -0.05) is 37.3 Å². The lowest BCUT2D eigenvalue weighted by molar-refractivity contribution is -0.126. The Morgan fingerprint density at radius 2 is 2.00 bits per heavy atom. The van der Waals surface area contributed by atoms with Crippen LogP contribution in [0.25, 0.3) is 0 Å². The second-order valence-electron chi connectivity index (χ2n) is 6.30. The molecule has 1 aliphatic heterocycles. The Balaban J connectivity index is 1.59. The summed E-state index contributed by atoms with van der Waals surface area (Å²) in [4.78, 5) is 12.5. The maximum Gasteiger partial charge on any atom is 0.225 e. The van der Waals surface area contributed by atoms with Crippen LogP contribution in [0.1, 0.15) is 37.8 Å². The molecule has 4 unspecified atom stereocenters. The fourth-order valence-electron chi connectivity index (χ4n) is 3.10. The third-order valence-corrected chi connectivity index (χ3v) is 4.69. The molecular formula is C17H24N2O2. The summed E-state index contributed by atoms with van der Waals surface area (Å²) in [6, 6.07) is 9.70. The molecule has 1 saturated heterocycles. The van der Waals surface area contributed by atoms with Gasteiger partial charge in [0.05, 0.1) is 18.1 Å². The first-order chi connectivity index (χ1) is 10.2. The molecule has 1 aromatic carbocycles. The summed E-state index contributed by atoms with van der Waals surface area (Å²) in [5.74, 6) is 0.441. The molecule has 3 rings (SSSR count). The van der Waals surface area contributed by atoms with Gasteiger partial charge in [-0.2, -0.15) is 0 Å². The highest BCUT2D eigenvalue weighted by Gasteiger charge is 2.41. The number of carbonyl (C=O) groups excluding carboxylic acids is 1. The largest absolute Gasteiger partial charge is 0.376 e. The Morgan fingerprint density at radius 3 is 2.67 bits per heavy atom. The summed E-state index contributed by atoms with van der Waals surface area (Å²) < 4.78 is 5.77. The van der Waals surface area contributed by atoms with Crippen molar-refractivity contribution in [2.75, 3.05) is 6.61 Å². The number of carbonyl (C=O) groups is 1. The Morgan fingerprint density at radius 1 is 1.29 bits per heavy atom. The van der Waals surface area contributed by atoms with Crippen LogP contribution in [0.2, 0.25) is 0 Å². The SMILES string of the molecule is CC(C(=O)NC1CCOC1C1CC1)C(N)c1ccccc1. The fraction of sp³-hybridized carbons (Fsp3) is 0.588. The second-order valence-corrected chi connectivity index (χ2v) is 6.30. The van der Waals surface area contributed by atoms with E-state index in [9.17, 15) is 4.79 Å². The van der Waals surface area contributed by atoms with Crippen LogP contribution in [0.3, 0.4) is 0 Å². The summed E-state index contributed by atoms with van der Waals surface area (Å²) in [6.07, 6.45) is 3.60. The van der Waals surface area contributed by atoms with E-state index in [1.165, 1.54) is 12.8 Å². The molecule has 3 N–H and O–H groups in total. The van der Waals surface area contributed by atoms with Crippen LogP contribution >= 0.6 is 0 Å². The minimum Gasteiger partial charge on any atom is -0.376 e. The summed E-state index contributed by atoms with van der Waals surface area (Å²) >= 11 is 0. The van der Waals surface area contributed by atoms with Crippen LogP contribution < -0.4 is 11.1 Å². The van der Waals surface area contributed by atoms with Crippen LogP contribution in [-0.2, 0) is 9.53 Å². The van der Waals surface area contributed by atoms with Crippen LogP contribution in [0, 0.1) is 11.8 Å². The molecule has 4 atom stereocenters. The molecule has 4 heteroatoms. The monoisotopic (exact) mass is 288 g/mol. The van der Waals surface area contributed by atoms with Gasteiger partial charge in [0.15, 0.2) is 0 Å². The first-order valence-electron chi connectivity index (χ1n) is 7.89. The van der Waals surface area contributed by atoms with Crippen molar-refractivity contribution in [3.63, 3.8) is 0 Å².